The molecule has 0 saturated carbocycles. The van der Waals surface area contributed by atoms with Crippen molar-refractivity contribution in [3.8, 4) is 17.0 Å². The number of benzene rings is 1. The number of carbonyl (C=O) groups is 1. The molecular weight excluding hydrogens is 345 g/mol. The van der Waals surface area contributed by atoms with Crippen molar-refractivity contribution in [1.29, 1.82) is 0 Å². The predicted molar refractivity (Wildman–Crippen MR) is 93.0 cm³/mol. The number of aromatic nitrogens is 1. The van der Waals surface area contributed by atoms with Crippen LogP contribution in [0.25, 0.3) is 11.1 Å². The second kappa shape index (κ2) is 7.35. The van der Waals surface area contributed by atoms with Gasteiger partial charge in [0.25, 0.3) is 0 Å². The summed E-state index contributed by atoms with van der Waals surface area (Å²) >= 11 is 0. The number of aryl methyl sites for hydroxylation is 3. The molecule has 1 heterocycles. The fourth-order valence-corrected chi connectivity index (χ4v) is 2.87. The van der Waals surface area contributed by atoms with Gasteiger partial charge in [0, 0.05) is 17.3 Å². The molecule has 0 bridgehead atoms. The Labute approximate surface area is 150 Å². The lowest BCUT2D eigenvalue weighted by Crippen LogP contribution is -2.20. The van der Waals surface area contributed by atoms with Crippen molar-refractivity contribution in [2.75, 3.05) is 6.61 Å². The van der Waals surface area contributed by atoms with Gasteiger partial charge in [-0.05, 0) is 56.0 Å². The second-order valence-corrected chi connectivity index (χ2v) is 6.40. The second-order valence-electron chi connectivity index (χ2n) is 6.40. The number of ether oxygens (including phenoxy) is 1. The van der Waals surface area contributed by atoms with E-state index in [0.717, 1.165) is 27.8 Å². The van der Waals surface area contributed by atoms with E-state index in [1.807, 2.05) is 26.0 Å². The Morgan fingerprint density at radius 1 is 1.15 bits per heavy atom. The minimum absolute atomic E-state index is 0.0413. The topological polar surface area (TPSA) is 65.2 Å². The number of rotatable bonds is 5. The monoisotopic (exact) mass is 366 g/mol. The highest BCUT2D eigenvalue weighted by Crippen LogP contribution is 2.32. The van der Waals surface area contributed by atoms with E-state index in [0.29, 0.717) is 5.56 Å². The van der Waals surface area contributed by atoms with Gasteiger partial charge in [0.05, 0.1) is 5.92 Å². The molecule has 26 heavy (non-hydrogen) atoms. The lowest BCUT2D eigenvalue weighted by molar-refractivity contribution is -0.154. The first kappa shape index (κ1) is 19.8. The van der Waals surface area contributed by atoms with Crippen molar-refractivity contribution >= 4 is 5.91 Å². The Kier molecular flexibility index (Phi) is 5.59. The van der Waals surface area contributed by atoms with E-state index in [1.165, 1.54) is 6.20 Å². The highest BCUT2D eigenvalue weighted by molar-refractivity contribution is 5.82. The fourth-order valence-electron chi connectivity index (χ4n) is 2.87. The standard InChI is InChI=1S/C19H21F3N2O2/c1-10-5-14(13(4)17(23)25)6-11(2)16(10)15-7-12(3)18(24-8-15)26-9-19(20,21)22/h5-8,13H,9H2,1-4H3,(H2,23,25). The molecule has 1 unspecified atom stereocenters. The Bertz CT molecular complexity index is 809. The van der Waals surface area contributed by atoms with Crippen LogP contribution < -0.4 is 10.5 Å². The van der Waals surface area contributed by atoms with Crippen molar-refractivity contribution in [3.63, 3.8) is 0 Å². The number of primary amides is 1. The van der Waals surface area contributed by atoms with Gasteiger partial charge < -0.3 is 10.5 Å². The van der Waals surface area contributed by atoms with Crippen LogP contribution in [-0.4, -0.2) is 23.7 Å². The summed E-state index contributed by atoms with van der Waals surface area (Å²) in [4.78, 5) is 15.4. The Morgan fingerprint density at radius 2 is 1.73 bits per heavy atom. The van der Waals surface area contributed by atoms with Crippen LogP contribution in [0.15, 0.2) is 24.4 Å². The van der Waals surface area contributed by atoms with Gasteiger partial charge in [-0.15, -0.1) is 0 Å². The maximum Gasteiger partial charge on any atom is 0.422 e. The lowest BCUT2D eigenvalue weighted by Gasteiger charge is -2.16. The number of amides is 1. The number of nitrogens with zero attached hydrogens (tertiary/aromatic N) is 1. The number of hydrogen-bond acceptors (Lipinski definition) is 3. The molecule has 0 radical (unpaired) electrons. The first-order chi connectivity index (χ1) is 12.0. The third-order valence-electron chi connectivity index (χ3n) is 4.17. The minimum atomic E-state index is -4.41. The van der Waals surface area contributed by atoms with Crippen LogP contribution in [0.5, 0.6) is 5.88 Å². The van der Waals surface area contributed by atoms with Gasteiger partial charge in [0.1, 0.15) is 0 Å². The lowest BCUT2D eigenvalue weighted by atomic mass is 9.90. The average molecular weight is 366 g/mol. The summed E-state index contributed by atoms with van der Waals surface area (Å²) in [6, 6.07) is 5.52. The minimum Gasteiger partial charge on any atom is -0.468 e. The van der Waals surface area contributed by atoms with Gasteiger partial charge in [0.2, 0.25) is 11.8 Å². The molecular formula is C19H21F3N2O2. The molecule has 140 valence electrons. The van der Waals surface area contributed by atoms with Crippen LogP contribution in [0.3, 0.4) is 0 Å². The molecule has 0 fully saturated rings. The van der Waals surface area contributed by atoms with Crippen molar-refractivity contribution in [2.24, 2.45) is 5.73 Å². The number of carbonyl (C=O) groups excluding carboxylic acids is 1. The van der Waals surface area contributed by atoms with Gasteiger partial charge in [-0.1, -0.05) is 12.1 Å². The van der Waals surface area contributed by atoms with Gasteiger partial charge in [-0.3, -0.25) is 4.79 Å². The predicted octanol–water partition coefficient (Wildman–Crippen LogP) is 4.20. The van der Waals surface area contributed by atoms with Crippen LogP contribution >= 0.6 is 0 Å². The molecule has 0 aliphatic carbocycles. The van der Waals surface area contributed by atoms with E-state index >= 15 is 0 Å². The first-order valence-electron chi connectivity index (χ1n) is 8.06. The zero-order chi connectivity index (χ0) is 19.6. The normalized spacial score (nSPS) is 12.7. The summed E-state index contributed by atoms with van der Waals surface area (Å²) in [5, 5.41) is 0. The van der Waals surface area contributed by atoms with E-state index in [2.05, 4.69) is 4.98 Å². The molecule has 0 saturated heterocycles. The number of hydrogen-bond donors (Lipinski definition) is 1. The van der Waals surface area contributed by atoms with Gasteiger partial charge in [-0.2, -0.15) is 13.2 Å². The molecule has 1 amide bonds. The summed E-state index contributed by atoms with van der Waals surface area (Å²) in [6.45, 7) is 5.83. The largest absolute Gasteiger partial charge is 0.468 e. The van der Waals surface area contributed by atoms with Crippen LogP contribution in [0.4, 0.5) is 13.2 Å². The summed E-state index contributed by atoms with van der Waals surface area (Å²) in [7, 11) is 0. The van der Waals surface area contributed by atoms with Crippen LogP contribution in [0, 0.1) is 20.8 Å². The van der Waals surface area contributed by atoms with Crippen LogP contribution in [-0.2, 0) is 4.79 Å². The molecule has 7 heteroatoms. The Morgan fingerprint density at radius 3 is 2.19 bits per heavy atom. The maximum atomic E-state index is 12.3. The zero-order valence-corrected chi connectivity index (χ0v) is 15.1. The molecule has 2 rings (SSSR count). The Hall–Kier alpha value is -2.57. The number of nitrogens with two attached hydrogens (primary N) is 1. The highest BCUT2D eigenvalue weighted by Gasteiger charge is 2.29. The molecule has 1 aromatic heterocycles. The maximum absolute atomic E-state index is 12.3. The van der Waals surface area contributed by atoms with E-state index in [-0.39, 0.29) is 5.88 Å². The van der Waals surface area contributed by atoms with E-state index < -0.39 is 24.6 Å². The fraction of sp³-hybridized carbons (Fsp3) is 0.368. The molecule has 4 nitrogen and oxygen atoms in total. The van der Waals surface area contributed by atoms with Gasteiger partial charge in [0.15, 0.2) is 6.61 Å². The Balaban J connectivity index is 2.37. The van der Waals surface area contributed by atoms with Gasteiger partial charge >= 0.3 is 6.18 Å². The average Bonchev–Trinajstić information content (AvgIpc) is 2.51. The third kappa shape index (κ3) is 4.53. The molecule has 2 N–H and O–H groups in total. The van der Waals surface area contributed by atoms with E-state index in [4.69, 9.17) is 10.5 Å². The number of halogens is 3. The van der Waals surface area contributed by atoms with Crippen molar-refractivity contribution in [1.82, 2.24) is 4.98 Å². The van der Waals surface area contributed by atoms with E-state index in [1.54, 1.807) is 19.9 Å². The SMILES string of the molecule is Cc1cc(-c2c(C)cc(C(C)C(N)=O)cc2C)cnc1OCC(F)(F)F. The van der Waals surface area contributed by atoms with Crippen molar-refractivity contribution in [3.05, 3.63) is 46.6 Å². The summed E-state index contributed by atoms with van der Waals surface area (Å²) in [5.41, 5.74) is 10.3. The molecule has 1 aromatic carbocycles. The zero-order valence-electron chi connectivity index (χ0n) is 15.1. The summed E-state index contributed by atoms with van der Waals surface area (Å²) in [5.74, 6) is -0.847. The third-order valence-corrected chi connectivity index (χ3v) is 4.17. The number of pyridine rings is 1. The molecule has 0 spiro atoms. The molecule has 0 aliphatic heterocycles. The molecule has 2 aromatic rings. The quantitative estimate of drug-likeness (QED) is 0.862. The van der Waals surface area contributed by atoms with Crippen LogP contribution in [0.2, 0.25) is 0 Å². The van der Waals surface area contributed by atoms with Crippen LogP contribution in [0.1, 0.15) is 35.1 Å². The molecule has 0 aliphatic rings. The smallest absolute Gasteiger partial charge is 0.422 e. The van der Waals surface area contributed by atoms with Crippen molar-refractivity contribution < 1.29 is 22.7 Å². The summed E-state index contributed by atoms with van der Waals surface area (Å²) in [6.07, 6.45) is -2.92. The highest BCUT2D eigenvalue weighted by atomic mass is 19.4. The number of alkyl halides is 3. The first-order valence-corrected chi connectivity index (χ1v) is 8.06. The molecule has 1 atom stereocenters. The van der Waals surface area contributed by atoms with Gasteiger partial charge in [-0.25, -0.2) is 4.98 Å². The summed E-state index contributed by atoms with van der Waals surface area (Å²) < 4.78 is 41.6. The van der Waals surface area contributed by atoms with E-state index in [9.17, 15) is 18.0 Å². The van der Waals surface area contributed by atoms with Crippen molar-refractivity contribution in [2.45, 2.75) is 39.8 Å².